The van der Waals surface area contributed by atoms with Gasteiger partial charge >= 0.3 is 0 Å². The summed E-state index contributed by atoms with van der Waals surface area (Å²) in [6.45, 7) is 4.11. The molecule has 1 amide bonds. The van der Waals surface area contributed by atoms with E-state index in [2.05, 4.69) is 24.1 Å². The van der Waals surface area contributed by atoms with E-state index < -0.39 is 0 Å². The molecule has 0 aliphatic rings. The minimum absolute atomic E-state index is 0.269. The van der Waals surface area contributed by atoms with Crippen LogP contribution in [0.25, 0.3) is 0 Å². The van der Waals surface area contributed by atoms with Crippen LogP contribution in [0.5, 0.6) is 0 Å². The van der Waals surface area contributed by atoms with E-state index in [1.165, 1.54) is 11.3 Å². The van der Waals surface area contributed by atoms with Gasteiger partial charge < -0.3 is 0 Å². The van der Waals surface area contributed by atoms with Crippen molar-refractivity contribution < 1.29 is 4.79 Å². The van der Waals surface area contributed by atoms with Crippen LogP contribution in [0.2, 0.25) is 10.0 Å². The Bertz CT molecular complexity index is 590. The van der Waals surface area contributed by atoms with Crippen molar-refractivity contribution in [3.05, 3.63) is 44.9 Å². The number of carbonyl (C=O) groups excluding carboxylic acids is 1. The van der Waals surface area contributed by atoms with Crippen LogP contribution >= 0.6 is 34.5 Å². The van der Waals surface area contributed by atoms with Gasteiger partial charge in [-0.2, -0.15) is 0 Å². The number of nitrogens with one attached hydrogen (secondary N) is 1. The minimum atomic E-state index is -0.269. The van der Waals surface area contributed by atoms with Gasteiger partial charge in [-0.05, 0) is 24.1 Å². The second-order valence-corrected chi connectivity index (χ2v) is 6.08. The molecule has 1 aromatic carbocycles. The number of thiazole rings is 1. The molecule has 0 aliphatic carbocycles. The van der Waals surface area contributed by atoms with E-state index in [0.29, 0.717) is 26.7 Å². The smallest absolute Gasteiger partial charge is 0.257 e. The zero-order valence-electron chi connectivity index (χ0n) is 10.4. The second-order valence-electron chi connectivity index (χ2n) is 4.34. The molecule has 6 heteroatoms. The molecular formula is C13H12Cl2N2OS. The number of rotatable bonds is 3. The number of anilines is 1. The van der Waals surface area contributed by atoms with Gasteiger partial charge in [0, 0.05) is 21.0 Å². The van der Waals surface area contributed by atoms with Crippen molar-refractivity contribution >= 4 is 45.6 Å². The van der Waals surface area contributed by atoms with Crippen LogP contribution in [0.1, 0.15) is 35.8 Å². The number of nitrogens with zero attached hydrogens (tertiary/aromatic N) is 1. The summed E-state index contributed by atoms with van der Waals surface area (Å²) in [5, 5.41) is 6.11. The van der Waals surface area contributed by atoms with Crippen molar-refractivity contribution in [3.8, 4) is 0 Å². The lowest BCUT2D eigenvalue weighted by Crippen LogP contribution is -2.11. The molecule has 0 saturated heterocycles. The molecule has 0 atom stereocenters. The largest absolute Gasteiger partial charge is 0.298 e. The van der Waals surface area contributed by atoms with E-state index >= 15 is 0 Å². The average Bonchev–Trinajstić information content (AvgIpc) is 2.76. The fourth-order valence-corrected chi connectivity index (χ4v) is 2.86. The van der Waals surface area contributed by atoms with Crippen molar-refractivity contribution in [2.24, 2.45) is 0 Å². The van der Waals surface area contributed by atoms with Crippen LogP contribution in [-0.2, 0) is 0 Å². The Morgan fingerprint density at radius 2 is 1.89 bits per heavy atom. The lowest BCUT2D eigenvalue weighted by Gasteiger charge is -2.03. The Labute approximate surface area is 125 Å². The molecule has 1 aromatic heterocycles. The summed E-state index contributed by atoms with van der Waals surface area (Å²) < 4.78 is 0. The molecule has 2 rings (SSSR count). The van der Waals surface area contributed by atoms with Crippen molar-refractivity contribution in [2.75, 3.05) is 5.32 Å². The SMILES string of the molecule is CC(C)c1csc(NC(=O)c2cc(Cl)cc(Cl)c2)n1. The standard InChI is InChI=1S/C13H12Cl2N2OS/c1-7(2)11-6-19-13(16-11)17-12(18)8-3-9(14)5-10(15)4-8/h3-7H,1-2H3,(H,16,17,18). The zero-order chi connectivity index (χ0) is 14.0. The van der Waals surface area contributed by atoms with Gasteiger partial charge in [0.25, 0.3) is 5.91 Å². The monoisotopic (exact) mass is 314 g/mol. The Kier molecular flexibility index (Phi) is 4.45. The Morgan fingerprint density at radius 3 is 2.42 bits per heavy atom. The quantitative estimate of drug-likeness (QED) is 0.882. The van der Waals surface area contributed by atoms with Crippen molar-refractivity contribution in [3.63, 3.8) is 0 Å². The maximum absolute atomic E-state index is 12.0. The van der Waals surface area contributed by atoms with Gasteiger partial charge in [0.2, 0.25) is 0 Å². The highest BCUT2D eigenvalue weighted by Crippen LogP contribution is 2.23. The summed E-state index contributed by atoms with van der Waals surface area (Å²) in [6, 6.07) is 4.72. The molecule has 0 saturated carbocycles. The van der Waals surface area contributed by atoms with E-state index in [1.54, 1.807) is 18.2 Å². The predicted molar refractivity (Wildman–Crippen MR) is 80.6 cm³/mol. The summed E-state index contributed by atoms with van der Waals surface area (Å²) in [6.07, 6.45) is 0. The van der Waals surface area contributed by atoms with E-state index in [0.717, 1.165) is 5.69 Å². The van der Waals surface area contributed by atoms with Gasteiger partial charge in [0.1, 0.15) is 0 Å². The van der Waals surface area contributed by atoms with Crippen LogP contribution < -0.4 is 5.32 Å². The molecule has 0 radical (unpaired) electrons. The molecule has 0 bridgehead atoms. The molecule has 0 fully saturated rings. The maximum Gasteiger partial charge on any atom is 0.257 e. The molecule has 0 unspecified atom stereocenters. The molecule has 0 aliphatic heterocycles. The van der Waals surface area contributed by atoms with E-state index in [-0.39, 0.29) is 5.91 Å². The van der Waals surface area contributed by atoms with Gasteiger partial charge in [-0.25, -0.2) is 4.98 Å². The first-order valence-electron chi connectivity index (χ1n) is 5.68. The lowest BCUT2D eigenvalue weighted by molar-refractivity contribution is 0.102. The minimum Gasteiger partial charge on any atom is -0.298 e. The highest BCUT2D eigenvalue weighted by atomic mass is 35.5. The first-order valence-corrected chi connectivity index (χ1v) is 7.32. The van der Waals surface area contributed by atoms with E-state index in [4.69, 9.17) is 23.2 Å². The third kappa shape index (κ3) is 3.69. The number of carbonyl (C=O) groups is 1. The summed E-state index contributed by atoms with van der Waals surface area (Å²) >= 11 is 13.1. The van der Waals surface area contributed by atoms with Crippen LogP contribution in [0.15, 0.2) is 23.6 Å². The fourth-order valence-electron chi connectivity index (χ4n) is 1.46. The summed E-state index contributed by atoms with van der Waals surface area (Å²) in [7, 11) is 0. The molecule has 1 heterocycles. The predicted octanol–water partition coefficient (Wildman–Crippen LogP) is 4.83. The lowest BCUT2D eigenvalue weighted by atomic mass is 10.2. The zero-order valence-corrected chi connectivity index (χ0v) is 12.7. The first-order chi connectivity index (χ1) is 8.95. The van der Waals surface area contributed by atoms with Gasteiger partial charge in [-0.15, -0.1) is 11.3 Å². The summed E-state index contributed by atoms with van der Waals surface area (Å²) in [4.78, 5) is 16.4. The van der Waals surface area contributed by atoms with Gasteiger partial charge in [0.15, 0.2) is 5.13 Å². The molecular weight excluding hydrogens is 303 g/mol. The van der Waals surface area contributed by atoms with Crippen molar-refractivity contribution in [1.82, 2.24) is 4.98 Å². The topological polar surface area (TPSA) is 42.0 Å². The molecule has 0 spiro atoms. The number of benzene rings is 1. The number of hydrogen-bond donors (Lipinski definition) is 1. The average molecular weight is 315 g/mol. The number of halogens is 2. The third-order valence-corrected chi connectivity index (χ3v) is 3.67. The maximum atomic E-state index is 12.0. The fraction of sp³-hybridized carbons (Fsp3) is 0.231. The van der Waals surface area contributed by atoms with E-state index in [9.17, 15) is 4.79 Å². The molecule has 19 heavy (non-hydrogen) atoms. The number of hydrogen-bond acceptors (Lipinski definition) is 3. The van der Waals surface area contributed by atoms with Gasteiger partial charge in [0.05, 0.1) is 5.69 Å². The Balaban J connectivity index is 2.15. The summed E-state index contributed by atoms with van der Waals surface area (Å²) in [5.41, 5.74) is 1.38. The van der Waals surface area contributed by atoms with Crippen molar-refractivity contribution in [1.29, 1.82) is 0 Å². The Hall–Kier alpha value is -1.10. The van der Waals surface area contributed by atoms with E-state index in [1.807, 2.05) is 5.38 Å². The normalized spacial score (nSPS) is 10.8. The van der Waals surface area contributed by atoms with Gasteiger partial charge in [-0.3, -0.25) is 10.1 Å². The van der Waals surface area contributed by atoms with Crippen LogP contribution in [0.3, 0.4) is 0 Å². The number of aromatic nitrogens is 1. The molecule has 3 nitrogen and oxygen atoms in total. The second kappa shape index (κ2) is 5.90. The van der Waals surface area contributed by atoms with Crippen LogP contribution in [0.4, 0.5) is 5.13 Å². The third-order valence-electron chi connectivity index (χ3n) is 2.46. The van der Waals surface area contributed by atoms with Crippen molar-refractivity contribution in [2.45, 2.75) is 19.8 Å². The first kappa shape index (κ1) is 14.3. The molecule has 100 valence electrons. The van der Waals surface area contributed by atoms with Crippen LogP contribution in [-0.4, -0.2) is 10.9 Å². The highest BCUT2D eigenvalue weighted by Gasteiger charge is 2.11. The Morgan fingerprint density at radius 1 is 1.26 bits per heavy atom. The number of amides is 1. The van der Waals surface area contributed by atoms with Crippen LogP contribution in [0, 0.1) is 0 Å². The molecule has 1 N–H and O–H groups in total. The highest BCUT2D eigenvalue weighted by molar-refractivity contribution is 7.14. The van der Waals surface area contributed by atoms with Gasteiger partial charge in [-0.1, -0.05) is 37.0 Å². The molecule has 2 aromatic rings. The summed E-state index contributed by atoms with van der Waals surface area (Å²) in [5.74, 6) is 0.0663.